The van der Waals surface area contributed by atoms with Gasteiger partial charge in [0.25, 0.3) is 0 Å². The van der Waals surface area contributed by atoms with Crippen LogP contribution in [0.4, 0.5) is 4.39 Å². The highest BCUT2D eigenvalue weighted by molar-refractivity contribution is 5.73. The third-order valence-corrected chi connectivity index (χ3v) is 3.78. The number of halogens is 1. The number of ether oxygens (including phenoxy) is 1. The Bertz CT molecular complexity index is 649. The zero-order chi connectivity index (χ0) is 14.8. The van der Waals surface area contributed by atoms with Gasteiger partial charge >= 0.3 is 5.97 Å². The monoisotopic (exact) mass is 288 g/mol. The fourth-order valence-corrected chi connectivity index (χ4v) is 2.69. The molecule has 21 heavy (non-hydrogen) atoms. The minimum Gasteiger partial charge on any atom is -0.466 e. The lowest BCUT2D eigenvalue weighted by molar-refractivity contribution is -0.148. The van der Waals surface area contributed by atoms with Crippen LogP contribution in [0.2, 0.25) is 0 Å². The van der Waals surface area contributed by atoms with E-state index in [-0.39, 0.29) is 17.7 Å². The molecule has 1 aromatic heterocycles. The zero-order valence-corrected chi connectivity index (χ0v) is 11.9. The lowest BCUT2D eigenvalue weighted by Crippen LogP contribution is -2.24. The largest absolute Gasteiger partial charge is 0.466 e. The molecule has 0 fully saturated rings. The molecule has 0 saturated heterocycles. The summed E-state index contributed by atoms with van der Waals surface area (Å²) in [6.07, 6.45) is 4.13. The molecule has 110 valence electrons. The summed E-state index contributed by atoms with van der Waals surface area (Å²) >= 11 is 0. The number of hydrogen-bond acceptors (Lipinski definition) is 3. The van der Waals surface area contributed by atoms with Crippen LogP contribution in [0.3, 0.4) is 0 Å². The van der Waals surface area contributed by atoms with Crippen LogP contribution in [-0.2, 0) is 22.4 Å². The molecule has 2 aromatic rings. The Kier molecular flexibility index (Phi) is 3.73. The van der Waals surface area contributed by atoms with Gasteiger partial charge in [-0.15, -0.1) is 0 Å². The molecule has 5 heteroatoms. The van der Waals surface area contributed by atoms with Gasteiger partial charge in [0.2, 0.25) is 0 Å². The second kappa shape index (κ2) is 5.68. The number of esters is 1. The Labute approximate surface area is 122 Å². The molecule has 1 unspecified atom stereocenters. The van der Waals surface area contributed by atoms with Crippen LogP contribution in [0.1, 0.15) is 24.6 Å². The highest BCUT2D eigenvalue weighted by atomic mass is 19.1. The smallest absolute Gasteiger partial charge is 0.309 e. The SMILES string of the molecule is CCOC(=O)C1CCc2nn(-c3ccc(F)cc3)cc2C1. The zero-order valence-electron chi connectivity index (χ0n) is 11.9. The van der Waals surface area contributed by atoms with Crippen molar-refractivity contribution in [3.8, 4) is 5.69 Å². The van der Waals surface area contributed by atoms with Crippen LogP contribution in [0.15, 0.2) is 30.5 Å². The van der Waals surface area contributed by atoms with Gasteiger partial charge in [-0.3, -0.25) is 4.79 Å². The summed E-state index contributed by atoms with van der Waals surface area (Å²) in [6, 6.07) is 6.21. The van der Waals surface area contributed by atoms with Crippen molar-refractivity contribution in [3.05, 3.63) is 47.5 Å². The molecular formula is C16H17FN2O2. The van der Waals surface area contributed by atoms with Gasteiger partial charge in [0.1, 0.15) is 5.82 Å². The summed E-state index contributed by atoms with van der Waals surface area (Å²) in [5, 5.41) is 4.53. The molecule has 1 heterocycles. The molecule has 1 aliphatic rings. The van der Waals surface area contributed by atoms with E-state index in [0.717, 1.165) is 29.8 Å². The van der Waals surface area contributed by atoms with Gasteiger partial charge in [0.15, 0.2) is 0 Å². The minimum absolute atomic E-state index is 0.0803. The van der Waals surface area contributed by atoms with Crippen LogP contribution in [0.5, 0.6) is 0 Å². The maximum Gasteiger partial charge on any atom is 0.309 e. The Morgan fingerprint density at radius 2 is 2.19 bits per heavy atom. The van der Waals surface area contributed by atoms with Crippen molar-refractivity contribution in [3.63, 3.8) is 0 Å². The van der Waals surface area contributed by atoms with E-state index in [1.807, 2.05) is 13.1 Å². The number of nitrogens with zero attached hydrogens (tertiary/aromatic N) is 2. The quantitative estimate of drug-likeness (QED) is 0.816. The number of hydrogen-bond donors (Lipinski definition) is 0. The molecular weight excluding hydrogens is 271 g/mol. The van der Waals surface area contributed by atoms with Crippen molar-refractivity contribution >= 4 is 5.97 Å². The number of aryl methyl sites for hydroxylation is 1. The molecule has 1 atom stereocenters. The second-order valence-electron chi connectivity index (χ2n) is 5.21. The van der Waals surface area contributed by atoms with E-state index >= 15 is 0 Å². The van der Waals surface area contributed by atoms with E-state index in [0.29, 0.717) is 13.0 Å². The Morgan fingerprint density at radius 1 is 1.43 bits per heavy atom. The van der Waals surface area contributed by atoms with E-state index in [4.69, 9.17) is 4.74 Å². The molecule has 3 rings (SSSR count). The topological polar surface area (TPSA) is 44.1 Å². The van der Waals surface area contributed by atoms with Gasteiger partial charge in [-0.25, -0.2) is 9.07 Å². The molecule has 0 radical (unpaired) electrons. The fraction of sp³-hybridized carbons (Fsp3) is 0.375. The third-order valence-electron chi connectivity index (χ3n) is 3.78. The van der Waals surface area contributed by atoms with E-state index in [9.17, 15) is 9.18 Å². The van der Waals surface area contributed by atoms with Crippen molar-refractivity contribution in [2.45, 2.75) is 26.2 Å². The maximum atomic E-state index is 13.0. The molecule has 0 aliphatic heterocycles. The van der Waals surface area contributed by atoms with Gasteiger partial charge in [0, 0.05) is 6.20 Å². The van der Waals surface area contributed by atoms with Crippen LogP contribution >= 0.6 is 0 Å². The van der Waals surface area contributed by atoms with Gasteiger partial charge in [0.05, 0.1) is 23.9 Å². The van der Waals surface area contributed by atoms with Gasteiger partial charge in [-0.1, -0.05) is 0 Å². The van der Waals surface area contributed by atoms with Crippen LogP contribution < -0.4 is 0 Å². The summed E-state index contributed by atoms with van der Waals surface area (Å²) in [6.45, 7) is 2.23. The lowest BCUT2D eigenvalue weighted by Gasteiger charge is -2.19. The number of carbonyl (C=O) groups is 1. The summed E-state index contributed by atoms with van der Waals surface area (Å²) in [7, 11) is 0. The van der Waals surface area contributed by atoms with Crippen LogP contribution in [0, 0.1) is 11.7 Å². The summed E-state index contributed by atoms with van der Waals surface area (Å²) < 4.78 is 19.8. The van der Waals surface area contributed by atoms with E-state index in [2.05, 4.69) is 5.10 Å². The first kappa shape index (κ1) is 13.8. The van der Waals surface area contributed by atoms with Gasteiger partial charge in [-0.2, -0.15) is 5.10 Å². The van der Waals surface area contributed by atoms with E-state index < -0.39 is 0 Å². The number of fused-ring (bicyclic) bond motifs is 1. The van der Waals surface area contributed by atoms with Gasteiger partial charge in [-0.05, 0) is 56.0 Å². The Morgan fingerprint density at radius 3 is 2.90 bits per heavy atom. The normalized spacial score (nSPS) is 17.3. The van der Waals surface area contributed by atoms with Crippen molar-refractivity contribution in [2.75, 3.05) is 6.61 Å². The third kappa shape index (κ3) is 2.82. The predicted molar refractivity (Wildman–Crippen MR) is 75.7 cm³/mol. The first-order valence-corrected chi connectivity index (χ1v) is 7.17. The molecule has 0 saturated carbocycles. The first-order chi connectivity index (χ1) is 10.2. The number of rotatable bonds is 3. The first-order valence-electron chi connectivity index (χ1n) is 7.17. The highest BCUT2D eigenvalue weighted by Crippen LogP contribution is 2.26. The van der Waals surface area contributed by atoms with E-state index in [1.54, 1.807) is 16.8 Å². The molecule has 4 nitrogen and oxygen atoms in total. The van der Waals surface area contributed by atoms with Crippen molar-refractivity contribution in [1.82, 2.24) is 9.78 Å². The maximum absolute atomic E-state index is 13.0. The van der Waals surface area contributed by atoms with Crippen molar-refractivity contribution in [2.24, 2.45) is 5.92 Å². The summed E-state index contributed by atoms with van der Waals surface area (Å²) in [5.41, 5.74) is 2.90. The molecule has 1 aromatic carbocycles. The second-order valence-corrected chi connectivity index (χ2v) is 5.21. The molecule has 0 amide bonds. The molecule has 0 bridgehead atoms. The molecule has 0 N–H and O–H groups in total. The Hall–Kier alpha value is -2.17. The van der Waals surface area contributed by atoms with Crippen molar-refractivity contribution < 1.29 is 13.9 Å². The predicted octanol–water partition coefficient (Wildman–Crippen LogP) is 2.68. The number of carbonyl (C=O) groups excluding carboxylic acids is 1. The van der Waals surface area contributed by atoms with Crippen LogP contribution in [-0.4, -0.2) is 22.4 Å². The lowest BCUT2D eigenvalue weighted by atomic mass is 9.88. The fourth-order valence-electron chi connectivity index (χ4n) is 2.69. The standard InChI is InChI=1S/C16H17FN2O2/c1-2-21-16(20)11-3-8-15-12(9-11)10-19(18-15)14-6-4-13(17)5-7-14/h4-7,10-11H,2-3,8-9H2,1H3. The number of aromatic nitrogens is 2. The van der Waals surface area contributed by atoms with E-state index in [1.165, 1.54) is 12.1 Å². The Balaban J connectivity index is 1.81. The molecule has 1 aliphatic carbocycles. The highest BCUT2D eigenvalue weighted by Gasteiger charge is 2.27. The van der Waals surface area contributed by atoms with Gasteiger partial charge < -0.3 is 4.74 Å². The van der Waals surface area contributed by atoms with Crippen molar-refractivity contribution in [1.29, 1.82) is 0 Å². The summed E-state index contributed by atoms with van der Waals surface area (Å²) in [5.74, 6) is -0.473. The molecule has 0 spiro atoms. The average Bonchev–Trinajstić information content (AvgIpc) is 2.91. The summed E-state index contributed by atoms with van der Waals surface area (Å²) in [4.78, 5) is 11.8. The average molecular weight is 288 g/mol. The van der Waals surface area contributed by atoms with Crippen LogP contribution in [0.25, 0.3) is 5.69 Å². The minimum atomic E-state index is -0.266. The number of benzene rings is 1.